The summed E-state index contributed by atoms with van der Waals surface area (Å²) in [5.41, 5.74) is 8.38. The zero-order chi connectivity index (χ0) is 15.6. The van der Waals surface area contributed by atoms with E-state index in [1.807, 2.05) is 13.0 Å². The van der Waals surface area contributed by atoms with E-state index in [1.165, 1.54) is 0 Å². The Labute approximate surface area is 130 Å². The first kappa shape index (κ1) is 15.8. The maximum atomic E-state index is 12.4. The number of nitrogens with two attached hydrogens (primary N) is 1. The van der Waals surface area contributed by atoms with Gasteiger partial charge in [-0.2, -0.15) is 0 Å². The third-order valence-corrected chi connectivity index (χ3v) is 5.14. The van der Waals surface area contributed by atoms with Gasteiger partial charge >= 0.3 is 0 Å². The Morgan fingerprint density at radius 1 is 1.19 bits per heavy atom. The second-order valence-corrected chi connectivity index (χ2v) is 7.04. The smallest absolute Gasteiger partial charge is 0.241 e. The van der Waals surface area contributed by atoms with Crippen molar-refractivity contribution in [3.63, 3.8) is 0 Å². The molecule has 21 heavy (non-hydrogen) atoms. The highest BCUT2D eigenvalue weighted by Crippen LogP contribution is 2.23. The van der Waals surface area contributed by atoms with Crippen molar-refractivity contribution in [3.05, 3.63) is 58.1 Å². The first-order chi connectivity index (χ1) is 9.81. The van der Waals surface area contributed by atoms with Gasteiger partial charge < -0.3 is 5.73 Å². The Hall–Kier alpha value is -1.56. The number of sulfonamides is 1. The maximum absolute atomic E-state index is 12.4. The first-order valence-electron chi connectivity index (χ1n) is 6.41. The molecule has 0 atom stereocenters. The lowest BCUT2D eigenvalue weighted by Crippen LogP contribution is -2.24. The molecule has 0 saturated heterocycles. The lowest BCUT2D eigenvalue weighted by molar-refractivity contribution is 0.580. The molecule has 0 radical (unpaired) electrons. The maximum Gasteiger partial charge on any atom is 0.241 e. The number of hydrogen-bond acceptors (Lipinski definition) is 3. The summed E-state index contributed by atoms with van der Waals surface area (Å²) < 4.78 is 27.4. The van der Waals surface area contributed by atoms with Gasteiger partial charge in [0.2, 0.25) is 10.0 Å². The van der Waals surface area contributed by atoms with Crippen LogP contribution in [0.15, 0.2) is 41.3 Å². The van der Waals surface area contributed by atoms with E-state index in [4.69, 9.17) is 17.3 Å². The standard InChI is InChI=1S/C15H17ClN2O2S/c1-10-7-14(17)11(2)15(8-10)21(19,20)18-9-12-5-3-4-6-13(12)16/h3-8,18H,9,17H2,1-2H3. The van der Waals surface area contributed by atoms with Crippen molar-refractivity contribution >= 4 is 27.3 Å². The lowest BCUT2D eigenvalue weighted by atomic mass is 10.1. The van der Waals surface area contributed by atoms with E-state index in [0.717, 1.165) is 11.1 Å². The summed E-state index contributed by atoms with van der Waals surface area (Å²) in [6.45, 7) is 3.64. The van der Waals surface area contributed by atoms with Crippen LogP contribution in [0.25, 0.3) is 0 Å². The van der Waals surface area contributed by atoms with Gasteiger partial charge in [0.25, 0.3) is 0 Å². The third-order valence-electron chi connectivity index (χ3n) is 3.24. The fourth-order valence-corrected chi connectivity index (χ4v) is 3.59. The van der Waals surface area contributed by atoms with Gasteiger partial charge in [-0.3, -0.25) is 0 Å². The summed E-state index contributed by atoms with van der Waals surface area (Å²) >= 11 is 6.03. The Kier molecular flexibility index (Phi) is 4.56. The van der Waals surface area contributed by atoms with E-state index in [0.29, 0.717) is 16.3 Å². The number of aryl methyl sites for hydroxylation is 1. The normalized spacial score (nSPS) is 11.6. The van der Waals surface area contributed by atoms with E-state index in [9.17, 15) is 8.42 Å². The highest BCUT2D eigenvalue weighted by molar-refractivity contribution is 7.89. The van der Waals surface area contributed by atoms with Gasteiger partial charge in [-0.05, 0) is 48.7 Å². The first-order valence-corrected chi connectivity index (χ1v) is 8.27. The number of halogens is 1. The van der Waals surface area contributed by atoms with Crippen LogP contribution < -0.4 is 10.5 Å². The molecule has 0 aromatic heterocycles. The SMILES string of the molecule is Cc1cc(N)c(C)c(S(=O)(=O)NCc2ccccc2Cl)c1. The highest BCUT2D eigenvalue weighted by atomic mass is 35.5. The van der Waals surface area contributed by atoms with Crippen LogP contribution in [-0.4, -0.2) is 8.42 Å². The Morgan fingerprint density at radius 3 is 2.52 bits per heavy atom. The predicted molar refractivity (Wildman–Crippen MR) is 85.8 cm³/mol. The fraction of sp³-hybridized carbons (Fsp3) is 0.200. The molecule has 0 amide bonds. The molecular formula is C15H17ClN2O2S. The summed E-state index contributed by atoms with van der Waals surface area (Å²) in [5, 5.41) is 0.528. The Bertz CT molecular complexity index is 773. The van der Waals surface area contributed by atoms with Crippen LogP contribution in [0, 0.1) is 13.8 Å². The monoisotopic (exact) mass is 324 g/mol. The molecule has 0 aliphatic rings. The van der Waals surface area contributed by atoms with Crippen LogP contribution in [0.3, 0.4) is 0 Å². The van der Waals surface area contributed by atoms with Crippen molar-refractivity contribution < 1.29 is 8.42 Å². The van der Waals surface area contributed by atoms with Gasteiger partial charge in [-0.1, -0.05) is 29.8 Å². The van der Waals surface area contributed by atoms with Crippen LogP contribution in [-0.2, 0) is 16.6 Å². The van der Waals surface area contributed by atoms with Crippen molar-refractivity contribution in [1.29, 1.82) is 0 Å². The van der Waals surface area contributed by atoms with Gasteiger partial charge in [-0.25, -0.2) is 13.1 Å². The third kappa shape index (κ3) is 3.56. The van der Waals surface area contributed by atoms with Crippen LogP contribution in [0.2, 0.25) is 5.02 Å². The van der Waals surface area contributed by atoms with Crippen LogP contribution in [0.4, 0.5) is 5.69 Å². The zero-order valence-electron chi connectivity index (χ0n) is 11.9. The molecule has 6 heteroatoms. The molecule has 0 spiro atoms. The minimum absolute atomic E-state index is 0.134. The number of benzene rings is 2. The average Bonchev–Trinajstić information content (AvgIpc) is 2.42. The molecule has 0 heterocycles. The van der Waals surface area contributed by atoms with E-state index >= 15 is 0 Å². The van der Waals surface area contributed by atoms with Gasteiger partial charge in [-0.15, -0.1) is 0 Å². The van der Waals surface area contributed by atoms with E-state index in [2.05, 4.69) is 4.72 Å². The number of rotatable bonds is 4. The van der Waals surface area contributed by atoms with E-state index in [1.54, 1.807) is 37.3 Å². The average molecular weight is 325 g/mol. The van der Waals surface area contributed by atoms with Gasteiger partial charge in [0, 0.05) is 17.3 Å². The van der Waals surface area contributed by atoms with Gasteiger partial charge in [0.1, 0.15) is 0 Å². The molecule has 2 aromatic rings. The molecule has 0 aliphatic carbocycles. The summed E-state index contributed by atoms with van der Waals surface area (Å²) in [6, 6.07) is 10.5. The van der Waals surface area contributed by atoms with Crippen molar-refractivity contribution in [3.8, 4) is 0 Å². The molecule has 0 fully saturated rings. The van der Waals surface area contributed by atoms with Crippen molar-refractivity contribution in [1.82, 2.24) is 4.72 Å². The summed E-state index contributed by atoms with van der Waals surface area (Å²) in [5.74, 6) is 0. The minimum Gasteiger partial charge on any atom is -0.398 e. The fourth-order valence-electron chi connectivity index (χ4n) is 2.02. The van der Waals surface area contributed by atoms with Gasteiger partial charge in [0.15, 0.2) is 0 Å². The summed E-state index contributed by atoms with van der Waals surface area (Å²) in [6.07, 6.45) is 0. The summed E-state index contributed by atoms with van der Waals surface area (Å²) in [4.78, 5) is 0.201. The second-order valence-electron chi connectivity index (χ2n) is 4.89. The molecule has 2 aromatic carbocycles. The van der Waals surface area contributed by atoms with E-state index in [-0.39, 0.29) is 11.4 Å². The van der Waals surface area contributed by atoms with Crippen molar-refractivity contribution in [2.75, 3.05) is 5.73 Å². The molecule has 112 valence electrons. The van der Waals surface area contributed by atoms with Crippen molar-refractivity contribution in [2.24, 2.45) is 0 Å². The van der Waals surface area contributed by atoms with Gasteiger partial charge in [0.05, 0.1) is 4.90 Å². The van der Waals surface area contributed by atoms with Crippen molar-refractivity contribution in [2.45, 2.75) is 25.3 Å². The number of hydrogen-bond donors (Lipinski definition) is 2. The lowest BCUT2D eigenvalue weighted by Gasteiger charge is -2.12. The van der Waals surface area contributed by atoms with Crippen LogP contribution >= 0.6 is 11.6 Å². The molecular weight excluding hydrogens is 308 g/mol. The molecule has 2 rings (SSSR count). The van der Waals surface area contributed by atoms with E-state index < -0.39 is 10.0 Å². The molecule has 0 aliphatic heterocycles. The molecule has 0 bridgehead atoms. The summed E-state index contributed by atoms with van der Waals surface area (Å²) in [7, 11) is -3.64. The number of nitrogens with one attached hydrogen (secondary N) is 1. The topological polar surface area (TPSA) is 72.2 Å². The zero-order valence-corrected chi connectivity index (χ0v) is 13.4. The molecule has 0 unspecified atom stereocenters. The highest BCUT2D eigenvalue weighted by Gasteiger charge is 2.18. The predicted octanol–water partition coefficient (Wildman–Crippen LogP) is 3.02. The number of anilines is 1. The largest absolute Gasteiger partial charge is 0.398 e. The number of nitrogen functional groups attached to an aromatic ring is 1. The second kappa shape index (κ2) is 6.05. The Balaban J connectivity index is 2.30. The molecule has 3 N–H and O–H groups in total. The molecule has 0 saturated carbocycles. The van der Waals surface area contributed by atoms with Crippen LogP contribution in [0.5, 0.6) is 0 Å². The minimum atomic E-state index is -3.64. The van der Waals surface area contributed by atoms with Crippen LogP contribution in [0.1, 0.15) is 16.7 Å². The Morgan fingerprint density at radius 2 is 1.86 bits per heavy atom. The molecule has 4 nitrogen and oxygen atoms in total. The quantitative estimate of drug-likeness (QED) is 0.849.